The second-order valence-corrected chi connectivity index (χ2v) is 6.92. The van der Waals surface area contributed by atoms with Gasteiger partial charge in [0, 0.05) is 0 Å². The maximum atomic E-state index is 9.53. The van der Waals surface area contributed by atoms with E-state index in [0.717, 1.165) is 18.9 Å². The topological polar surface area (TPSA) is 41.5 Å². The van der Waals surface area contributed by atoms with Crippen LogP contribution in [0.4, 0.5) is 0 Å². The van der Waals surface area contributed by atoms with Crippen LogP contribution in [0.15, 0.2) is 0 Å². The molecule has 0 radical (unpaired) electrons. The highest BCUT2D eigenvalue weighted by molar-refractivity contribution is 4.85. The summed E-state index contributed by atoms with van der Waals surface area (Å²) in [7, 11) is 0. The molecule has 3 nitrogen and oxygen atoms in total. The zero-order chi connectivity index (χ0) is 14.5. The summed E-state index contributed by atoms with van der Waals surface area (Å²) in [5.41, 5.74) is -0.309. The fourth-order valence-electron chi connectivity index (χ4n) is 3.18. The largest absolute Gasteiger partial charge is 0.394 e. The number of rotatable bonds is 7. The van der Waals surface area contributed by atoms with Crippen molar-refractivity contribution in [2.24, 2.45) is 17.8 Å². The Hall–Kier alpha value is -0.120. The average Bonchev–Trinajstić information content (AvgIpc) is 2.36. The number of ether oxygens (including phenoxy) is 1. The molecule has 4 unspecified atom stereocenters. The number of nitrogens with one attached hydrogen (secondary N) is 1. The molecular formula is C16H33NO2. The van der Waals surface area contributed by atoms with Gasteiger partial charge in [-0.1, -0.05) is 34.1 Å². The Bertz CT molecular complexity index is 257. The third-order valence-electron chi connectivity index (χ3n) is 4.53. The van der Waals surface area contributed by atoms with Gasteiger partial charge in [-0.05, 0) is 44.1 Å². The molecule has 0 aromatic carbocycles. The van der Waals surface area contributed by atoms with Crippen molar-refractivity contribution in [2.75, 3.05) is 19.8 Å². The van der Waals surface area contributed by atoms with E-state index >= 15 is 0 Å². The normalized spacial score (nSPS) is 31.4. The fraction of sp³-hybridized carbons (Fsp3) is 1.00. The zero-order valence-corrected chi connectivity index (χ0v) is 13.4. The van der Waals surface area contributed by atoms with Crippen LogP contribution in [-0.2, 0) is 4.74 Å². The number of aliphatic hydroxyl groups excluding tert-OH is 1. The van der Waals surface area contributed by atoms with Crippen molar-refractivity contribution in [3.63, 3.8) is 0 Å². The Morgan fingerprint density at radius 3 is 2.58 bits per heavy atom. The average molecular weight is 271 g/mol. The minimum absolute atomic E-state index is 0.120. The van der Waals surface area contributed by atoms with Crippen LogP contribution in [-0.4, -0.2) is 36.5 Å². The molecule has 1 rings (SSSR count). The van der Waals surface area contributed by atoms with Gasteiger partial charge in [-0.2, -0.15) is 0 Å². The molecule has 0 aromatic heterocycles. The quantitative estimate of drug-likeness (QED) is 0.748. The summed E-state index contributed by atoms with van der Waals surface area (Å²) in [5.74, 6) is 2.11. The van der Waals surface area contributed by atoms with E-state index in [-0.39, 0.29) is 12.1 Å². The van der Waals surface area contributed by atoms with E-state index in [2.05, 4.69) is 33.0 Å². The molecule has 1 aliphatic rings. The molecule has 1 aliphatic carbocycles. The molecule has 0 amide bonds. The van der Waals surface area contributed by atoms with Crippen LogP contribution in [0.2, 0.25) is 0 Å². The lowest BCUT2D eigenvalue weighted by Gasteiger charge is -2.39. The third kappa shape index (κ3) is 5.05. The highest BCUT2D eigenvalue weighted by Gasteiger charge is 2.33. The van der Waals surface area contributed by atoms with Gasteiger partial charge in [0.2, 0.25) is 0 Å². The van der Waals surface area contributed by atoms with Gasteiger partial charge in [0.05, 0.1) is 24.9 Å². The summed E-state index contributed by atoms with van der Waals surface area (Å²) in [6.45, 7) is 12.6. The first-order chi connectivity index (χ1) is 8.91. The maximum Gasteiger partial charge on any atom is 0.0672 e. The summed E-state index contributed by atoms with van der Waals surface area (Å²) in [6, 6.07) is 0. The fourth-order valence-corrected chi connectivity index (χ4v) is 3.18. The monoisotopic (exact) mass is 271 g/mol. The standard InChI is InChI=1S/C16H33NO2/c1-6-17-16(5,10-18)11-19-15-9-13(4)7-8-14(15)12(2)3/h12-15,17-18H,6-11H2,1-5H3. The van der Waals surface area contributed by atoms with E-state index in [1.54, 1.807) is 0 Å². The van der Waals surface area contributed by atoms with Crippen LogP contribution in [0.25, 0.3) is 0 Å². The van der Waals surface area contributed by atoms with Gasteiger partial charge < -0.3 is 15.2 Å². The van der Waals surface area contributed by atoms with E-state index in [9.17, 15) is 5.11 Å². The molecule has 0 aliphatic heterocycles. The molecule has 1 fully saturated rings. The van der Waals surface area contributed by atoms with Crippen molar-refractivity contribution >= 4 is 0 Å². The summed E-state index contributed by atoms with van der Waals surface area (Å²) >= 11 is 0. The molecule has 0 spiro atoms. The van der Waals surface area contributed by atoms with Gasteiger partial charge in [-0.3, -0.25) is 0 Å². The van der Waals surface area contributed by atoms with Crippen LogP contribution in [0.3, 0.4) is 0 Å². The molecule has 2 N–H and O–H groups in total. The Labute approximate surface area is 119 Å². The Balaban J connectivity index is 2.56. The lowest BCUT2D eigenvalue weighted by Crippen LogP contribution is -2.51. The van der Waals surface area contributed by atoms with Crippen molar-refractivity contribution in [3.05, 3.63) is 0 Å². The highest BCUT2D eigenvalue weighted by atomic mass is 16.5. The molecule has 0 heterocycles. The van der Waals surface area contributed by atoms with Gasteiger partial charge in [-0.25, -0.2) is 0 Å². The van der Waals surface area contributed by atoms with Crippen molar-refractivity contribution in [3.8, 4) is 0 Å². The third-order valence-corrected chi connectivity index (χ3v) is 4.53. The minimum Gasteiger partial charge on any atom is -0.394 e. The van der Waals surface area contributed by atoms with E-state index in [1.807, 2.05) is 6.92 Å². The number of likely N-dealkylation sites (N-methyl/N-ethyl adjacent to an activating group) is 1. The first-order valence-electron chi connectivity index (χ1n) is 7.89. The molecule has 0 aromatic rings. The van der Waals surface area contributed by atoms with Crippen LogP contribution >= 0.6 is 0 Å². The van der Waals surface area contributed by atoms with Crippen molar-refractivity contribution in [1.29, 1.82) is 0 Å². The summed E-state index contributed by atoms with van der Waals surface area (Å²) in [5, 5.41) is 12.9. The first kappa shape index (κ1) is 16.9. The van der Waals surface area contributed by atoms with Crippen LogP contribution in [0.1, 0.15) is 53.9 Å². The Morgan fingerprint density at radius 1 is 1.37 bits per heavy atom. The molecule has 4 atom stereocenters. The molecule has 0 saturated heterocycles. The molecule has 1 saturated carbocycles. The number of hydrogen-bond acceptors (Lipinski definition) is 3. The smallest absolute Gasteiger partial charge is 0.0672 e. The Kier molecular flexibility index (Phi) is 6.78. The predicted octanol–water partition coefficient (Wildman–Crippen LogP) is 2.82. The summed E-state index contributed by atoms with van der Waals surface area (Å²) < 4.78 is 6.21. The SMILES string of the molecule is CCNC(C)(CO)COC1CC(C)CCC1C(C)C. The summed E-state index contributed by atoms with van der Waals surface area (Å²) in [6.07, 6.45) is 4.12. The van der Waals surface area contributed by atoms with Crippen molar-refractivity contribution < 1.29 is 9.84 Å². The lowest BCUT2D eigenvalue weighted by atomic mass is 9.75. The van der Waals surface area contributed by atoms with Crippen molar-refractivity contribution in [1.82, 2.24) is 5.32 Å². The minimum atomic E-state index is -0.309. The van der Waals surface area contributed by atoms with Crippen LogP contribution < -0.4 is 5.32 Å². The van der Waals surface area contributed by atoms with E-state index < -0.39 is 0 Å². The summed E-state index contributed by atoms with van der Waals surface area (Å²) in [4.78, 5) is 0. The van der Waals surface area contributed by atoms with Gasteiger partial charge in [0.25, 0.3) is 0 Å². The molecular weight excluding hydrogens is 238 g/mol. The highest BCUT2D eigenvalue weighted by Crippen LogP contribution is 2.35. The van der Waals surface area contributed by atoms with E-state index in [0.29, 0.717) is 24.5 Å². The van der Waals surface area contributed by atoms with Crippen LogP contribution in [0, 0.1) is 17.8 Å². The Morgan fingerprint density at radius 2 is 2.05 bits per heavy atom. The maximum absolute atomic E-state index is 9.53. The van der Waals surface area contributed by atoms with Gasteiger partial charge >= 0.3 is 0 Å². The van der Waals surface area contributed by atoms with Crippen LogP contribution in [0.5, 0.6) is 0 Å². The van der Waals surface area contributed by atoms with Crippen molar-refractivity contribution in [2.45, 2.75) is 65.5 Å². The number of aliphatic hydroxyl groups is 1. The first-order valence-corrected chi connectivity index (χ1v) is 7.89. The van der Waals surface area contributed by atoms with Gasteiger partial charge in [-0.15, -0.1) is 0 Å². The van der Waals surface area contributed by atoms with E-state index in [4.69, 9.17) is 4.74 Å². The second kappa shape index (κ2) is 7.61. The van der Waals surface area contributed by atoms with E-state index in [1.165, 1.54) is 12.8 Å². The molecule has 19 heavy (non-hydrogen) atoms. The predicted molar refractivity (Wildman–Crippen MR) is 80.3 cm³/mol. The molecule has 0 bridgehead atoms. The molecule has 3 heteroatoms. The molecule has 114 valence electrons. The van der Waals surface area contributed by atoms with Gasteiger partial charge in [0.15, 0.2) is 0 Å². The second-order valence-electron chi connectivity index (χ2n) is 6.92. The lowest BCUT2D eigenvalue weighted by molar-refractivity contribution is -0.0659. The number of hydrogen-bond donors (Lipinski definition) is 2. The zero-order valence-electron chi connectivity index (χ0n) is 13.4. The van der Waals surface area contributed by atoms with Gasteiger partial charge in [0.1, 0.15) is 0 Å².